The minimum atomic E-state index is -0.148. The quantitative estimate of drug-likeness (QED) is 0.889. The molecule has 2 nitrogen and oxygen atoms in total. The molecule has 0 aliphatic carbocycles. The summed E-state index contributed by atoms with van der Waals surface area (Å²) < 4.78 is 18.8. The number of methoxy groups -OCH3 is 1. The zero-order valence-electron chi connectivity index (χ0n) is 11.8. The third-order valence-electron chi connectivity index (χ3n) is 3.68. The van der Waals surface area contributed by atoms with Crippen LogP contribution in [0.5, 0.6) is 0 Å². The molecule has 1 unspecified atom stereocenters. The number of ether oxygens (including phenoxy) is 1. The van der Waals surface area contributed by atoms with Crippen molar-refractivity contribution in [2.24, 2.45) is 0 Å². The Balaban J connectivity index is 1.98. The van der Waals surface area contributed by atoms with Gasteiger partial charge in [-0.3, -0.25) is 0 Å². The Bertz CT molecular complexity index is 436. The maximum Gasteiger partial charge on any atom is 0.123 e. The lowest BCUT2D eigenvalue weighted by Crippen LogP contribution is -2.32. The van der Waals surface area contributed by atoms with Crippen LogP contribution in [0, 0.1) is 5.82 Å². The predicted molar refractivity (Wildman–Crippen MR) is 78.2 cm³/mol. The molecule has 1 aliphatic heterocycles. The van der Waals surface area contributed by atoms with E-state index in [1.165, 1.54) is 4.90 Å². The fourth-order valence-electron chi connectivity index (χ4n) is 2.23. The summed E-state index contributed by atoms with van der Waals surface area (Å²) in [5.41, 5.74) is 0.993. The zero-order valence-corrected chi connectivity index (χ0v) is 12.6. The summed E-state index contributed by atoms with van der Waals surface area (Å²) in [7, 11) is 1.74. The van der Waals surface area contributed by atoms with Gasteiger partial charge in [-0.2, -0.15) is 0 Å². The number of thioether (sulfide) groups is 1. The van der Waals surface area contributed by atoms with Crippen LogP contribution in [-0.2, 0) is 4.74 Å². The monoisotopic (exact) mass is 283 g/mol. The van der Waals surface area contributed by atoms with E-state index < -0.39 is 0 Å². The van der Waals surface area contributed by atoms with Gasteiger partial charge in [0.1, 0.15) is 5.82 Å². The predicted octanol–water partition coefficient (Wildman–Crippen LogP) is 3.77. The number of benzene rings is 1. The maximum atomic E-state index is 13.4. The molecule has 1 N–H and O–H groups in total. The molecule has 0 fully saturated rings. The van der Waals surface area contributed by atoms with Gasteiger partial charge in [0.2, 0.25) is 0 Å². The molecule has 0 saturated heterocycles. The molecule has 0 spiro atoms. The minimum Gasteiger partial charge on any atom is -0.379 e. The second-order valence-electron chi connectivity index (χ2n) is 5.54. The van der Waals surface area contributed by atoms with E-state index in [4.69, 9.17) is 4.74 Å². The molecule has 0 amide bonds. The van der Waals surface area contributed by atoms with Crippen molar-refractivity contribution in [1.29, 1.82) is 0 Å². The number of rotatable bonds is 5. The van der Waals surface area contributed by atoms with Gasteiger partial charge in [0.15, 0.2) is 0 Å². The topological polar surface area (TPSA) is 21.3 Å². The Morgan fingerprint density at radius 2 is 2.26 bits per heavy atom. The summed E-state index contributed by atoms with van der Waals surface area (Å²) in [5.74, 6) is 0.939. The molecule has 19 heavy (non-hydrogen) atoms. The lowest BCUT2D eigenvalue weighted by Gasteiger charge is -2.28. The molecule has 1 aromatic rings. The molecule has 0 aromatic heterocycles. The van der Waals surface area contributed by atoms with Crippen LogP contribution in [0.15, 0.2) is 23.1 Å². The van der Waals surface area contributed by atoms with Crippen LogP contribution in [-0.4, -0.2) is 25.0 Å². The van der Waals surface area contributed by atoms with E-state index in [0.29, 0.717) is 0 Å². The van der Waals surface area contributed by atoms with Crippen LogP contribution >= 0.6 is 11.8 Å². The maximum absolute atomic E-state index is 13.4. The van der Waals surface area contributed by atoms with E-state index in [9.17, 15) is 4.39 Å². The highest BCUT2D eigenvalue weighted by molar-refractivity contribution is 7.99. The van der Waals surface area contributed by atoms with Crippen molar-refractivity contribution in [3.05, 3.63) is 29.6 Å². The Morgan fingerprint density at radius 1 is 1.47 bits per heavy atom. The third kappa shape index (κ3) is 3.94. The first-order valence-electron chi connectivity index (χ1n) is 6.72. The van der Waals surface area contributed by atoms with Crippen molar-refractivity contribution in [3.8, 4) is 0 Å². The van der Waals surface area contributed by atoms with Gasteiger partial charge in [-0.1, -0.05) is 0 Å². The van der Waals surface area contributed by atoms with Crippen LogP contribution in [0.3, 0.4) is 0 Å². The first-order chi connectivity index (χ1) is 9.02. The van der Waals surface area contributed by atoms with Crippen molar-refractivity contribution in [3.63, 3.8) is 0 Å². The summed E-state index contributed by atoms with van der Waals surface area (Å²) in [4.78, 5) is 1.20. The van der Waals surface area contributed by atoms with Crippen molar-refractivity contribution in [1.82, 2.24) is 5.32 Å². The summed E-state index contributed by atoms with van der Waals surface area (Å²) in [6.07, 6.45) is 1.99. The fourth-order valence-corrected chi connectivity index (χ4v) is 3.33. The van der Waals surface area contributed by atoms with Gasteiger partial charge >= 0.3 is 0 Å². The van der Waals surface area contributed by atoms with Crippen molar-refractivity contribution < 1.29 is 9.13 Å². The van der Waals surface area contributed by atoms with Crippen LogP contribution in [0.25, 0.3) is 0 Å². The van der Waals surface area contributed by atoms with Gasteiger partial charge in [0, 0.05) is 18.0 Å². The Morgan fingerprint density at radius 3 is 3.00 bits per heavy atom. The van der Waals surface area contributed by atoms with Crippen LogP contribution < -0.4 is 5.32 Å². The first kappa shape index (κ1) is 14.8. The summed E-state index contributed by atoms with van der Waals surface area (Å²) >= 11 is 1.81. The average Bonchev–Trinajstić information content (AvgIpc) is 2.39. The normalized spacial score (nSPS) is 19.3. The average molecular weight is 283 g/mol. The van der Waals surface area contributed by atoms with Gasteiger partial charge in [0.25, 0.3) is 0 Å². The van der Waals surface area contributed by atoms with Crippen LogP contribution in [0.1, 0.15) is 38.3 Å². The SMILES string of the molecule is COC(C)(C)CCNC1CCSc2ccc(F)cc21. The van der Waals surface area contributed by atoms with Gasteiger partial charge in [0.05, 0.1) is 5.60 Å². The first-order valence-corrected chi connectivity index (χ1v) is 7.71. The van der Waals surface area contributed by atoms with Crippen molar-refractivity contribution in [2.45, 2.75) is 43.2 Å². The molecule has 2 rings (SSSR count). The molecule has 0 saturated carbocycles. The van der Waals surface area contributed by atoms with Gasteiger partial charge in [-0.15, -0.1) is 11.8 Å². The molecule has 0 bridgehead atoms. The highest BCUT2D eigenvalue weighted by atomic mass is 32.2. The zero-order chi connectivity index (χ0) is 13.9. The van der Waals surface area contributed by atoms with Gasteiger partial charge < -0.3 is 10.1 Å². The number of nitrogens with one attached hydrogen (secondary N) is 1. The second-order valence-corrected chi connectivity index (χ2v) is 6.68. The lowest BCUT2D eigenvalue weighted by molar-refractivity contribution is 0.0153. The van der Waals surface area contributed by atoms with E-state index in [1.807, 2.05) is 17.8 Å². The summed E-state index contributed by atoms with van der Waals surface area (Å²) in [6, 6.07) is 5.37. The Hall–Kier alpha value is -0.580. The second kappa shape index (κ2) is 6.25. The molecule has 1 aromatic carbocycles. The van der Waals surface area contributed by atoms with E-state index >= 15 is 0 Å². The smallest absolute Gasteiger partial charge is 0.123 e. The van der Waals surface area contributed by atoms with E-state index in [0.717, 1.165) is 30.7 Å². The van der Waals surface area contributed by atoms with E-state index in [1.54, 1.807) is 19.2 Å². The van der Waals surface area contributed by atoms with E-state index in [-0.39, 0.29) is 17.5 Å². The van der Waals surface area contributed by atoms with Crippen LogP contribution in [0.4, 0.5) is 4.39 Å². The number of halogens is 1. The van der Waals surface area contributed by atoms with Crippen molar-refractivity contribution in [2.75, 3.05) is 19.4 Å². The fraction of sp³-hybridized carbons (Fsp3) is 0.600. The van der Waals surface area contributed by atoms with Gasteiger partial charge in [-0.05, 0) is 62.7 Å². The number of hydrogen-bond donors (Lipinski definition) is 1. The molecule has 1 heterocycles. The summed E-state index contributed by atoms with van der Waals surface area (Å²) in [5, 5.41) is 3.54. The van der Waals surface area contributed by atoms with Gasteiger partial charge in [-0.25, -0.2) is 4.39 Å². The molecular weight excluding hydrogens is 261 g/mol. The molecule has 4 heteroatoms. The largest absolute Gasteiger partial charge is 0.379 e. The van der Waals surface area contributed by atoms with Crippen LogP contribution in [0.2, 0.25) is 0 Å². The van der Waals surface area contributed by atoms with Crippen molar-refractivity contribution >= 4 is 11.8 Å². The summed E-state index contributed by atoms with van der Waals surface area (Å²) in [6.45, 7) is 5.05. The Kier molecular flexibility index (Phi) is 4.87. The molecule has 0 radical (unpaired) electrons. The third-order valence-corrected chi connectivity index (χ3v) is 4.80. The number of hydrogen-bond acceptors (Lipinski definition) is 3. The Labute approximate surface area is 119 Å². The van der Waals surface area contributed by atoms with E-state index in [2.05, 4.69) is 19.2 Å². The molecule has 1 aliphatic rings. The lowest BCUT2D eigenvalue weighted by atomic mass is 10.0. The molecule has 1 atom stereocenters. The highest BCUT2D eigenvalue weighted by Crippen LogP contribution is 2.36. The molecule has 106 valence electrons. The standard InChI is InChI=1S/C15H22FNOS/c1-15(2,18-3)7-8-17-13-6-9-19-14-5-4-11(16)10-12(13)14/h4-5,10,13,17H,6-9H2,1-3H3. The number of fused-ring (bicyclic) bond motifs is 1. The minimum absolute atomic E-state index is 0.110. The highest BCUT2D eigenvalue weighted by Gasteiger charge is 2.22. The molecular formula is C15H22FNOS.